The lowest BCUT2D eigenvalue weighted by atomic mass is 10.0. The number of hydrogen-bond donors (Lipinski definition) is 1. The fraction of sp³-hybridized carbons (Fsp3) is 0.333. The van der Waals surface area contributed by atoms with Gasteiger partial charge in [-0.3, -0.25) is 4.98 Å². The van der Waals surface area contributed by atoms with Crippen molar-refractivity contribution in [2.45, 2.75) is 24.9 Å². The third-order valence-corrected chi connectivity index (χ3v) is 8.34. The largest absolute Gasteiger partial charge is 0.496 e. The Bertz CT molecular complexity index is 1700. The highest BCUT2D eigenvalue weighted by Crippen LogP contribution is 2.54. The zero-order valence-corrected chi connectivity index (χ0v) is 21.9. The van der Waals surface area contributed by atoms with Crippen LogP contribution in [0.4, 0.5) is 18.9 Å². The van der Waals surface area contributed by atoms with Crippen molar-refractivity contribution < 1.29 is 32.3 Å². The smallest absolute Gasteiger partial charge is 0.434 e. The van der Waals surface area contributed by atoms with Crippen LogP contribution in [0.3, 0.4) is 0 Å². The van der Waals surface area contributed by atoms with Gasteiger partial charge in [-0.1, -0.05) is 17.3 Å². The fourth-order valence-corrected chi connectivity index (χ4v) is 6.06. The molecule has 1 N–H and O–H groups in total. The van der Waals surface area contributed by atoms with E-state index in [-0.39, 0.29) is 22.9 Å². The maximum absolute atomic E-state index is 13.7. The molecule has 4 heterocycles. The van der Waals surface area contributed by atoms with E-state index in [9.17, 15) is 23.1 Å². The van der Waals surface area contributed by atoms with Gasteiger partial charge in [0.15, 0.2) is 11.4 Å². The number of allylic oxidation sites excluding steroid dienone is 1. The summed E-state index contributed by atoms with van der Waals surface area (Å²) in [5.74, 6) is 1.33. The van der Waals surface area contributed by atoms with Gasteiger partial charge in [-0.15, -0.1) is 0 Å². The first kappa shape index (κ1) is 25.6. The van der Waals surface area contributed by atoms with Crippen LogP contribution in [0.1, 0.15) is 46.3 Å². The number of aromatic nitrogens is 3. The van der Waals surface area contributed by atoms with E-state index in [2.05, 4.69) is 26.1 Å². The highest BCUT2D eigenvalue weighted by Gasteiger charge is 2.54. The molecule has 2 saturated carbocycles. The van der Waals surface area contributed by atoms with Gasteiger partial charge in [0.2, 0.25) is 0 Å². The van der Waals surface area contributed by atoms with Crippen molar-refractivity contribution in [2.24, 2.45) is 17.8 Å². The number of hydrogen-bond acceptors (Lipinski definition) is 7. The van der Waals surface area contributed by atoms with Crippen molar-refractivity contribution in [1.29, 1.82) is 0 Å². The lowest BCUT2D eigenvalue weighted by molar-refractivity contribution is -0.140. The number of alkyl halides is 3. The molecule has 11 heteroatoms. The van der Waals surface area contributed by atoms with Crippen molar-refractivity contribution in [3.8, 4) is 17.0 Å². The molecule has 1 saturated heterocycles. The summed E-state index contributed by atoms with van der Waals surface area (Å²) < 4.78 is 52.1. The number of ether oxygens (including phenoxy) is 1. The summed E-state index contributed by atoms with van der Waals surface area (Å²) >= 11 is 0. The molecule has 2 aliphatic carbocycles. The number of pyridine rings is 2. The Morgan fingerprint density at radius 1 is 1.17 bits per heavy atom. The van der Waals surface area contributed by atoms with Crippen LogP contribution in [-0.4, -0.2) is 46.4 Å². The molecule has 0 radical (unpaired) electrons. The van der Waals surface area contributed by atoms with Crippen molar-refractivity contribution in [1.82, 2.24) is 15.1 Å². The molecule has 7 rings (SSSR count). The second-order valence-electron chi connectivity index (χ2n) is 10.9. The van der Waals surface area contributed by atoms with Gasteiger partial charge in [0, 0.05) is 53.5 Å². The summed E-state index contributed by atoms with van der Waals surface area (Å²) in [6.07, 6.45) is 2.39. The molecule has 41 heavy (non-hydrogen) atoms. The zero-order valence-electron chi connectivity index (χ0n) is 21.9. The van der Waals surface area contributed by atoms with Gasteiger partial charge in [0.05, 0.1) is 12.6 Å². The minimum absolute atomic E-state index is 0.0712. The number of halogens is 3. The summed E-state index contributed by atoms with van der Waals surface area (Å²) in [5.41, 5.74) is 1.24. The Morgan fingerprint density at radius 3 is 2.63 bits per heavy atom. The molecule has 3 fully saturated rings. The lowest BCUT2D eigenvalue weighted by Crippen LogP contribution is -2.23. The number of fused-ring (bicyclic) bond motifs is 2. The van der Waals surface area contributed by atoms with Crippen LogP contribution in [0.15, 0.2) is 53.2 Å². The van der Waals surface area contributed by atoms with E-state index >= 15 is 0 Å². The predicted octanol–water partition coefficient (Wildman–Crippen LogP) is 6.28. The summed E-state index contributed by atoms with van der Waals surface area (Å²) in [6, 6.07) is 10.0. The SMILES string of the molecule is COc1cc(C(=O)O)nc2ccc(N3CC4C(/C=C/c5c(-c6cccnc6C(F)(F)F)noc5C5CC5)C4C3)cc12. The first-order valence-corrected chi connectivity index (χ1v) is 13.4. The zero-order chi connectivity index (χ0) is 28.5. The monoisotopic (exact) mass is 562 g/mol. The molecular formula is C30H25F3N4O4. The molecule has 1 aromatic carbocycles. The van der Waals surface area contributed by atoms with Gasteiger partial charge in [-0.2, -0.15) is 13.2 Å². The highest BCUT2D eigenvalue weighted by molar-refractivity contribution is 5.94. The van der Waals surface area contributed by atoms with Crippen LogP contribution in [0.2, 0.25) is 0 Å². The van der Waals surface area contributed by atoms with Gasteiger partial charge >= 0.3 is 12.1 Å². The van der Waals surface area contributed by atoms with Crippen molar-refractivity contribution >= 4 is 28.6 Å². The van der Waals surface area contributed by atoms with Crippen LogP contribution in [0, 0.1) is 17.8 Å². The number of nitrogens with zero attached hydrogens (tertiary/aromatic N) is 4. The average Bonchev–Trinajstić information content (AvgIpc) is 3.82. The third kappa shape index (κ3) is 4.49. The normalized spacial score (nSPS) is 22.0. The molecule has 0 bridgehead atoms. The quantitative estimate of drug-likeness (QED) is 0.281. The number of anilines is 1. The van der Waals surface area contributed by atoms with Crippen molar-refractivity contribution in [2.75, 3.05) is 25.1 Å². The van der Waals surface area contributed by atoms with E-state index in [1.54, 1.807) is 6.07 Å². The summed E-state index contributed by atoms with van der Waals surface area (Å²) in [7, 11) is 1.50. The van der Waals surface area contributed by atoms with Crippen molar-refractivity contribution in [3.63, 3.8) is 0 Å². The number of aromatic carboxylic acids is 1. The van der Waals surface area contributed by atoms with E-state index in [1.807, 2.05) is 18.2 Å². The van der Waals surface area contributed by atoms with Crippen LogP contribution in [0.25, 0.3) is 28.2 Å². The van der Waals surface area contributed by atoms with E-state index in [1.165, 1.54) is 25.3 Å². The van der Waals surface area contributed by atoms with E-state index in [0.717, 1.165) is 43.2 Å². The van der Waals surface area contributed by atoms with Gasteiger partial charge < -0.3 is 19.3 Å². The first-order chi connectivity index (χ1) is 19.7. The van der Waals surface area contributed by atoms with Crippen LogP contribution < -0.4 is 9.64 Å². The molecule has 3 aliphatic rings. The summed E-state index contributed by atoms with van der Waals surface area (Å²) in [4.78, 5) is 21.5. The van der Waals surface area contributed by atoms with Crippen molar-refractivity contribution in [3.05, 3.63) is 71.4 Å². The number of piperidine rings is 1. The number of methoxy groups -OCH3 is 1. The minimum Gasteiger partial charge on any atom is -0.496 e. The standard InChI is InChI=1S/C30H25F3N4O4/c1-40-25-12-24(29(38)39)35-23-9-6-16(11-20(23)25)37-13-21-17(22(21)14-37)7-8-18-26(36-41-27(18)15-4-5-15)19-3-2-10-34-28(19)30(31,32)33/h2-3,6-12,15,17,21-22H,4-5,13-14H2,1H3,(H,38,39)/b8-7+. The Kier molecular flexibility index (Phi) is 5.81. The first-order valence-electron chi connectivity index (χ1n) is 13.4. The third-order valence-electron chi connectivity index (χ3n) is 8.34. The molecule has 8 nitrogen and oxygen atoms in total. The maximum atomic E-state index is 13.7. The van der Waals surface area contributed by atoms with Gasteiger partial charge in [0.25, 0.3) is 0 Å². The number of carboxylic acids is 1. The second kappa shape index (κ2) is 9.32. The molecule has 3 aromatic heterocycles. The molecule has 0 spiro atoms. The van der Waals surface area contributed by atoms with Crippen LogP contribution in [-0.2, 0) is 6.18 Å². The lowest BCUT2D eigenvalue weighted by Gasteiger charge is -2.22. The average molecular weight is 563 g/mol. The molecular weight excluding hydrogens is 537 g/mol. The molecule has 1 aliphatic heterocycles. The minimum atomic E-state index is -4.60. The number of carbonyl (C=O) groups is 1. The number of benzene rings is 1. The van der Waals surface area contributed by atoms with Crippen LogP contribution >= 0.6 is 0 Å². The van der Waals surface area contributed by atoms with Gasteiger partial charge in [-0.05, 0) is 60.9 Å². The number of rotatable bonds is 7. The van der Waals surface area contributed by atoms with Gasteiger partial charge in [0.1, 0.15) is 17.2 Å². The van der Waals surface area contributed by atoms with Gasteiger partial charge in [-0.25, -0.2) is 9.78 Å². The summed E-state index contributed by atoms with van der Waals surface area (Å²) in [6.45, 7) is 1.67. The Labute approximate surface area is 232 Å². The highest BCUT2D eigenvalue weighted by atomic mass is 19.4. The number of carboxylic acid groups (broad SMARTS) is 1. The van der Waals surface area contributed by atoms with E-state index in [4.69, 9.17) is 9.26 Å². The van der Waals surface area contributed by atoms with E-state index in [0.29, 0.717) is 40.3 Å². The Morgan fingerprint density at radius 2 is 1.95 bits per heavy atom. The summed E-state index contributed by atoms with van der Waals surface area (Å²) in [5, 5.41) is 14.1. The Balaban J connectivity index is 1.11. The molecule has 210 valence electrons. The predicted molar refractivity (Wildman–Crippen MR) is 144 cm³/mol. The Hall–Kier alpha value is -4.41. The fourth-order valence-electron chi connectivity index (χ4n) is 6.06. The van der Waals surface area contributed by atoms with E-state index < -0.39 is 17.8 Å². The molecule has 2 unspecified atom stereocenters. The topological polar surface area (TPSA) is 102 Å². The molecule has 2 atom stereocenters. The molecule has 0 amide bonds. The second-order valence-corrected chi connectivity index (χ2v) is 10.9. The maximum Gasteiger partial charge on any atom is 0.434 e. The van der Waals surface area contributed by atoms with Crippen LogP contribution in [0.5, 0.6) is 5.75 Å². The molecule has 4 aromatic rings.